The standard InChI is InChI=1S/C18H24N2/c1-3-14-7-6-9-16(12-14)19-18-13(2)11-15-8-4-5-10-17(15)20-18/h4-5,8,10-11,14,16H,3,6-7,9,12H2,1-2H3,(H,19,20). The van der Waals surface area contributed by atoms with E-state index in [1.54, 1.807) is 0 Å². The highest BCUT2D eigenvalue weighted by Crippen LogP contribution is 2.29. The SMILES string of the molecule is CCC1CCCC(Nc2nc3ccccc3cc2C)C1. The van der Waals surface area contributed by atoms with Crippen molar-refractivity contribution in [2.75, 3.05) is 5.32 Å². The van der Waals surface area contributed by atoms with Gasteiger partial charge < -0.3 is 5.32 Å². The summed E-state index contributed by atoms with van der Waals surface area (Å²) in [7, 11) is 0. The number of anilines is 1. The highest BCUT2D eigenvalue weighted by Gasteiger charge is 2.21. The van der Waals surface area contributed by atoms with Crippen molar-refractivity contribution in [2.24, 2.45) is 5.92 Å². The number of pyridine rings is 1. The van der Waals surface area contributed by atoms with Crippen LogP contribution in [0.25, 0.3) is 10.9 Å². The van der Waals surface area contributed by atoms with E-state index >= 15 is 0 Å². The molecular weight excluding hydrogens is 244 g/mol. The van der Waals surface area contributed by atoms with Crippen molar-refractivity contribution in [1.82, 2.24) is 4.98 Å². The number of nitrogens with one attached hydrogen (secondary N) is 1. The Morgan fingerprint density at radius 1 is 1.25 bits per heavy atom. The van der Waals surface area contributed by atoms with Gasteiger partial charge in [0.25, 0.3) is 0 Å². The van der Waals surface area contributed by atoms with Crippen molar-refractivity contribution >= 4 is 16.7 Å². The summed E-state index contributed by atoms with van der Waals surface area (Å²) in [6.07, 6.45) is 6.64. The molecule has 2 atom stereocenters. The third kappa shape index (κ3) is 2.79. The summed E-state index contributed by atoms with van der Waals surface area (Å²) in [5.41, 5.74) is 2.34. The number of para-hydroxylation sites is 1. The lowest BCUT2D eigenvalue weighted by atomic mass is 9.84. The molecule has 2 heteroatoms. The second-order valence-corrected chi connectivity index (χ2v) is 6.13. The van der Waals surface area contributed by atoms with Crippen LogP contribution in [-0.4, -0.2) is 11.0 Å². The van der Waals surface area contributed by atoms with Crippen LogP contribution in [0, 0.1) is 12.8 Å². The van der Waals surface area contributed by atoms with Gasteiger partial charge in [-0.05, 0) is 43.4 Å². The number of hydrogen-bond acceptors (Lipinski definition) is 2. The third-order valence-electron chi connectivity index (χ3n) is 4.62. The average Bonchev–Trinajstić information content (AvgIpc) is 2.48. The minimum Gasteiger partial charge on any atom is -0.367 e. The molecule has 1 aromatic heterocycles. The molecule has 1 saturated carbocycles. The maximum Gasteiger partial charge on any atom is 0.129 e. The second-order valence-electron chi connectivity index (χ2n) is 6.13. The van der Waals surface area contributed by atoms with Gasteiger partial charge in [-0.2, -0.15) is 0 Å². The van der Waals surface area contributed by atoms with Crippen molar-refractivity contribution in [2.45, 2.75) is 52.0 Å². The Bertz CT molecular complexity index is 591. The third-order valence-corrected chi connectivity index (χ3v) is 4.62. The summed E-state index contributed by atoms with van der Waals surface area (Å²) in [5.74, 6) is 1.97. The summed E-state index contributed by atoms with van der Waals surface area (Å²) in [6, 6.07) is 11.2. The Balaban J connectivity index is 1.81. The van der Waals surface area contributed by atoms with Crippen LogP contribution in [0.2, 0.25) is 0 Å². The van der Waals surface area contributed by atoms with Crippen LogP contribution < -0.4 is 5.32 Å². The maximum absolute atomic E-state index is 4.81. The van der Waals surface area contributed by atoms with E-state index in [0.29, 0.717) is 6.04 Å². The number of aromatic nitrogens is 1. The van der Waals surface area contributed by atoms with Crippen LogP contribution in [0.5, 0.6) is 0 Å². The molecule has 20 heavy (non-hydrogen) atoms. The Labute approximate surface area is 121 Å². The zero-order valence-electron chi connectivity index (χ0n) is 12.5. The predicted octanol–water partition coefficient (Wildman–Crippen LogP) is 4.92. The van der Waals surface area contributed by atoms with Crippen molar-refractivity contribution in [3.8, 4) is 0 Å². The van der Waals surface area contributed by atoms with Gasteiger partial charge in [-0.25, -0.2) is 4.98 Å². The molecule has 106 valence electrons. The average molecular weight is 268 g/mol. The lowest BCUT2D eigenvalue weighted by Crippen LogP contribution is -2.27. The summed E-state index contributed by atoms with van der Waals surface area (Å²) in [4.78, 5) is 4.81. The topological polar surface area (TPSA) is 24.9 Å². The minimum absolute atomic E-state index is 0.598. The monoisotopic (exact) mass is 268 g/mol. The van der Waals surface area contributed by atoms with Crippen molar-refractivity contribution in [3.05, 3.63) is 35.9 Å². The van der Waals surface area contributed by atoms with E-state index in [1.165, 1.54) is 43.1 Å². The van der Waals surface area contributed by atoms with Crippen LogP contribution >= 0.6 is 0 Å². The molecule has 1 N–H and O–H groups in total. The largest absolute Gasteiger partial charge is 0.367 e. The molecule has 2 aromatic rings. The zero-order chi connectivity index (χ0) is 13.9. The molecule has 2 nitrogen and oxygen atoms in total. The number of hydrogen-bond donors (Lipinski definition) is 1. The first-order valence-corrected chi connectivity index (χ1v) is 7.89. The summed E-state index contributed by atoms with van der Waals surface area (Å²) < 4.78 is 0. The Kier molecular flexibility index (Phi) is 3.90. The minimum atomic E-state index is 0.598. The number of benzene rings is 1. The van der Waals surface area contributed by atoms with Crippen molar-refractivity contribution in [3.63, 3.8) is 0 Å². The molecule has 1 aromatic carbocycles. The van der Waals surface area contributed by atoms with Gasteiger partial charge in [-0.3, -0.25) is 0 Å². The van der Waals surface area contributed by atoms with Gasteiger partial charge in [0.15, 0.2) is 0 Å². The van der Waals surface area contributed by atoms with Crippen LogP contribution in [0.15, 0.2) is 30.3 Å². The van der Waals surface area contributed by atoms with E-state index in [-0.39, 0.29) is 0 Å². The molecule has 0 spiro atoms. The van der Waals surface area contributed by atoms with Gasteiger partial charge in [0, 0.05) is 11.4 Å². The van der Waals surface area contributed by atoms with Gasteiger partial charge in [0.2, 0.25) is 0 Å². The summed E-state index contributed by atoms with van der Waals surface area (Å²) in [5, 5.41) is 4.92. The summed E-state index contributed by atoms with van der Waals surface area (Å²) in [6.45, 7) is 4.47. The van der Waals surface area contributed by atoms with Crippen molar-refractivity contribution in [1.29, 1.82) is 0 Å². The zero-order valence-corrected chi connectivity index (χ0v) is 12.5. The van der Waals surface area contributed by atoms with Gasteiger partial charge in [-0.15, -0.1) is 0 Å². The molecule has 0 saturated heterocycles. The van der Waals surface area contributed by atoms with Crippen LogP contribution in [0.4, 0.5) is 5.82 Å². The quantitative estimate of drug-likeness (QED) is 0.854. The molecule has 0 amide bonds. The predicted molar refractivity (Wildman–Crippen MR) is 86.1 cm³/mol. The highest BCUT2D eigenvalue weighted by atomic mass is 15.0. The molecule has 3 rings (SSSR count). The fraction of sp³-hybridized carbons (Fsp3) is 0.500. The molecular formula is C18H24N2. The first-order valence-electron chi connectivity index (χ1n) is 7.89. The molecule has 1 aliphatic carbocycles. The normalized spacial score (nSPS) is 22.9. The number of fused-ring (bicyclic) bond motifs is 1. The van der Waals surface area contributed by atoms with E-state index in [9.17, 15) is 0 Å². The van der Waals surface area contributed by atoms with E-state index in [4.69, 9.17) is 4.98 Å². The first-order chi connectivity index (χ1) is 9.76. The van der Waals surface area contributed by atoms with Gasteiger partial charge in [0.05, 0.1) is 5.52 Å². The molecule has 1 aliphatic rings. The fourth-order valence-electron chi connectivity index (χ4n) is 3.35. The highest BCUT2D eigenvalue weighted by molar-refractivity contribution is 5.81. The first kappa shape index (κ1) is 13.4. The van der Waals surface area contributed by atoms with E-state index in [1.807, 2.05) is 0 Å². The molecule has 0 radical (unpaired) electrons. The van der Waals surface area contributed by atoms with Crippen LogP contribution in [0.3, 0.4) is 0 Å². The number of aryl methyl sites for hydroxylation is 1. The number of rotatable bonds is 3. The fourth-order valence-corrected chi connectivity index (χ4v) is 3.35. The Morgan fingerprint density at radius 3 is 2.95 bits per heavy atom. The Morgan fingerprint density at radius 2 is 2.10 bits per heavy atom. The lowest BCUT2D eigenvalue weighted by molar-refractivity contribution is 0.327. The van der Waals surface area contributed by atoms with Gasteiger partial charge in [-0.1, -0.05) is 44.4 Å². The smallest absolute Gasteiger partial charge is 0.129 e. The maximum atomic E-state index is 4.81. The van der Waals surface area contributed by atoms with Gasteiger partial charge >= 0.3 is 0 Å². The molecule has 0 bridgehead atoms. The molecule has 0 aliphatic heterocycles. The molecule has 2 unspecified atom stereocenters. The van der Waals surface area contributed by atoms with E-state index < -0.39 is 0 Å². The number of nitrogens with zero attached hydrogens (tertiary/aromatic N) is 1. The van der Waals surface area contributed by atoms with E-state index in [2.05, 4.69) is 49.5 Å². The van der Waals surface area contributed by atoms with Crippen LogP contribution in [-0.2, 0) is 0 Å². The summed E-state index contributed by atoms with van der Waals surface area (Å²) >= 11 is 0. The van der Waals surface area contributed by atoms with Crippen LogP contribution in [0.1, 0.15) is 44.6 Å². The van der Waals surface area contributed by atoms with E-state index in [0.717, 1.165) is 17.3 Å². The Hall–Kier alpha value is -1.57. The second kappa shape index (κ2) is 5.82. The lowest BCUT2D eigenvalue weighted by Gasteiger charge is -2.30. The van der Waals surface area contributed by atoms with Crippen molar-refractivity contribution < 1.29 is 0 Å². The molecule has 1 heterocycles. The van der Waals surface area contributed by atoms with Gasteiger partial charge in [0.1, 0.15) is 5.82 Å². The molecule has 1 fully saturated rings.